The number of nitrogens with zero attached hydrogens (tertiary/aromatic N) is 6. The summed E-state index contributed by atoms with van der Waals surface area (Å²) in [6.45, 7) is 2.51. The van der Waals surface area contributed by atoms with Crippen molar-refractivity contribution in [2.24, 2.45) is 11.8 Å². The van der Waals surface area contributed by atoms with Crippen LogP contribution >= 0.6 is 0 Å². The van der Waals surface area contributed by atoms with Crippen LogP contribution in [-0.4, -0.2) is 53.0 Å². The SMILES string of the molecule is CCCC(=O)N[C@@H](c1cnn2cc([C@@H](NC(=O)c3ncnn3CCC(C)(F)F)C3CCC(F)(F)CC3)nc2c1)C1CC1. The van der Waals surface area contributed by atoms with Gasteiger partial charge < -0.3 is 10.6 Å². The van der Waals surface area contributed by atoms with Crippen molar-refractivity contribution < 1.29 is 27.2 Å². The van der Waals surface area contributed by atoms with Crippen molar-refractivity contribution in [3.05, 3.63) is 41.9 Å². The van der Waals surface area contributed by atoms with E-state index in [4.69, 9.17) is 4.98 Å². The molecule has 10 nitrogen and oxygen atoms in total. The predicted octanol–water partition coefficient (Wildman–Crippen LogP) is 5.03. The lowest BCUT2D eigenvalue weighted by Crippen LogP contribution is -2.38. The van der Waals surface area contributed by atoms with Gasteiger partial charge in [0, 0.05) is 32.2 Å². The fraction of sp³-hybridized carbons (Fsp3) is 0.643. The van der Waals surface area contributed by atoms with Crippen LogP contribution in [0.5, 0.6) is 0 Å². The lowest BCUT2D eigenvalue weighted by Gasteiger charge is -2.33. The molecule has 2 aliphatic rings. The van der Waals surface area contributed by atoms with Crippen molar-refractivity contribution in [2.75, 3.05) is 0 Å². The molecule has 2 amide bonds. The molecule has 42 heavy (non-hydrogen) atoms. The van der Waals surface area contributed by atoms with Gasteiger partial charge >= 0.3 is 0 Å². The first-order valence-electron chi connectivity index (χ1n) is 14.5. The van der Waals surface area contributed by atoms with Crippen molar-refractivity contribution in [1.29, 1.82) is 0 Å². The lowest BCUT2D eigenvalue weighted by molar-refractivity contribution is -0.122. The molecule has 5 rings (SSSR count). The monoisotopic (exact) mass is 592 g/mol. The Hall–Kier alpha value is -3.58. The maximum atomic E-state index is 14.0. The van der Waals surface area contributed by atoms with E-state index in [1.807, 2.05) is 13.0 Å². The van der Waals surface area contributed by atoms with Crippen molar-refractivity contribution >= 4 is 17.5 Å². The van der Waals surface area contributed by atoms with Crippen LogP contribution in [0.25, 0.3) is 5.65 Å². The number of carbonyl (C=O) groups excluding carboxylic acids is 2. The van der Waals surface area contributed by atoms with Crippen LogP contribution in [0.4, 0.5) is 17.6 Å². The molecule has 3 aromatic rings. The minimum Gasteiger partial charge on any atom is -0.349 e. The van der Waals surface area contributed by atoms with Crippen LogP contribution in [0, 0.1) is 11.8 Å². The van der Waals surface area contributed by atoms with Gasteiger partial charge in [-0.3, -0.25) is 9.59 Å². The lowest BCUT2D eigenvalue weighted by atomic mass is 9.81. The molecule has 0 spiro atoms. The average molecular weight is 593 g/mol. The normalized spacial score (nSPS) is 19.0. The second kappa shape index (κ2) is 12.0. The quantitative estimate of drug-likeness (QED) is 0.285. The zero-order chi connectivity index (χ0) is 30.1. The third-order valence-electron chi connectivity index (χ3n) is 8.03. The van der Waals surface area contributed by atoms with Gasteiger partial charge in [-0.2, -0.15) is 10.2 Å². The van der Waals surface area contributed by atoms with Gasteiger partial charge in [-0.1, -0.05) is 6.92 Å². The van der Waals surface area contributed by atoms with E-state index in [-0.39, 0.29) is 55.9 Å². The Labute approximate surface area is 240 Å². The Balaban J connectivity index is 1.41. The zero-order valence-electron chi connectivity index (χ0n) is 23.7. The molecule has 0 aromatic carbocycles. The Morgan fingerprint density at radius 1 is 1.10 bits per heavy atom. The van der Waals surface area contributed by atoms with Gasteiger partial charge in [-0.25, -0.2) is 36.7 Å². The van der Waals surface area contributed by atoms with E-state index in [1.54, 1.807) is 16.9 Å². The molecular formula is C28H36F4N8O2. The van der Waals surface area contributed by atoms with Gasteiger partial charge in [-0.05, 0) is 62.5 Å². The first-order chi connectivity index (χ1) is 19.9. The summed E-state index contributed by atoms with van der Waals surface area (Å²) in [5.41, 5.74) is 1.75. The fourth-order valence-corrected chi connectivity index (χ4v) is 5.55. The van der Waals surface area contributed by atoms with E-state index < -0.39 is 30.2 Å². The van der Waals surface area contributed by atoms with Crippen molar-refractivity contribution in [1.82, 2.24) is 40.0 Å². The van der Waals surface area contributed by atoms with E-state index >= 15 is 0 Å². The number of alkyl halides is 4. The molecule has 0 saturated heterocycles. The minimum atomic E-state index is -2.95. The zero-order valence-corrected chi connectivity index (χ0v) is 23.7. The summed E-state index contributed by atoms with van der Waals surface area (Å²) >= 11 is 0. The molecule has 2 aliphatic carbocycles. The summed E-state index contributed by atoms with van der Waals surface area (Å²) in [5, 5.41) is 14.4. The Morgan fingerprint density at radius 3 is 2.48 bits per heavy atom. The number of imidazole rings is 1. The molecule has 14 heteroatoms. The molecule has 3 aromatic heterocycles. The van der Waals surface area contributed by atoms with Crippen LogP contribution in [-0.2, 0) is 11.3 Å². The maximum absolute atomic E-state index is 14.0. The number of hydrogen-bond donors (Lipinski definition) is 2. The third-order valence-corrected chi connectivity index (χ3v) is 8.03. The Bertz CT molecular complexity index is 1400. The number of nitrogens with one attached hydrogen (secondary N) is 2. The van der Waals surface area contributed by atoms with Gasteiger partial charge in [0.05, 0.1) is 30.2 Å². The minimum absolute atomic E-state index is 0.0225. The molecule has 0 radical (unpaired) electrons. The van der Waals surface area contributed by atoms with Gasteiger partial charge in [0.15, 0.2) is 5.65 Å². The summed E-state index contributed by atoms with van der Waals surface area (Å²) in [7, 11) is 0. The second-order valence-corrected chi connectivity index (χ2v) is 11.7. The molecule has 0 bridgehead atoms. The summed E-state index contributed by atoms with van der Waals surface area (Å²) < 4.78 is 57.6. The second-order valence-electron chi connectivity index (χ2n) is 11.7. The number of halogens is 4. The van der Waals surface area contributed by atoms with Gasteiger partial charge in [-0.15, -0.1) is 0 Å². The largest absolute Gasteiger partial charge is 0.349 e. The predicted molar refractivity (Wildman–Crippen MR) is 144 cm³/mol. The molecule has 3 heterocycles. The van der Waals surface area contributed by atoms with E-state index in [0.29, 0.717) is 23.7 Å². The van der Waals surface area contributed by atoms with Crippen molar-refractivity contribution in [2.45, 2.75) is 102 Å². The standard InChI is InChI=1S/C28H36F4N8O2/c1-3-4-22(41)37-23(17-5-6-17)19-13-21-36-20(15-40(21)34-14-19)24(18-7-9-28(31,32)10-8-18)38-26(42)25-33-16-35-39(25)12-11-27(2,29)30/h13-18,23-24H,3-12H2,1-2H3,(H,37,41)(H,38,42)/t23-,24+/m1/s1. The number of fused-ring (bicyclic) bond motifs is 1. The Morgan fingerprint density at radius 2 is 1.81 bits per heavy atom. The highest BCUT2D eigenvalue weighted by Crippen LogP contribution is 2.42. The maximum Gasteiger partial charge on any atom is 0.289 e. The average Bonchev–Trinajstić information content (AvgIpc) is 3.49. The molecular weight excluding hydrogens is 556 g/mol. The summed E-state index contributed by atoms with van der Waals surface area (Å²) in [4.78, 5) is 34.4. The molecule has 2 N–H and O–H groups in total. The van der Waals surface area contributed by atoms with Crippen LogP contribution in [0.3, 0.4) is 0 Å². The van der Waals surface area contributed by atoms with E-state index in [9.17, 15) is 27.2 Å². The smallest absolute Gasteiger partial charge is 0.289 e. The summed E-state index contributed by atoms with van der Waals surface area (Å²) in [6.07, 6.45) is 6.79. The molecule has 2 saturated carbocycles. The number of hydrogen-bond acceptors (Lipinski definition) is 6. The van der Waals surface area contributed by atoms with E-state index in [1.165, 1.54) is 0 Å². The van der Waals surface area contributed by atoms with E-state index in [0.717, 1.165) is 42.8 Å². The van der Waals surface area contributed by atoms with E-state index in [2.05, 4.69) is 25.8 Å². The summed E-state index contributed by atoms with van der Waals surface area (Å²) in [6, 6.07) is 0.917. The highest BCUT2D eigenvalue weighted by atomic mass is 19.3. The fourth-order valence-electron chi connectivity index (χ4n) is 5.55. The third kappa shape index (κ3) is 7.24. The number of carbonyl (C=O) groups is 2. The molecule has 2 fully saturated rings. The van der Waals surface area contributed by atoms with Crippen molar-refractivity contribution in [3.63, 3.8) is 0 Å². The molecule has 228 valence electrons. The Kier molecular flexibility index (Phi) is 8.51. The van der Waals surface area contributed by atoms with Gasteiger partial charge in [0.25, 0.3) is 5.91 Å². The van der Waals surface area contributed by atoms with Gasteiger partial charge in [0.1, 0.15) is 6.33 Å². The molecule has 0 aliphatic heterocycles. The number of rotatable bonds is 12. The molecule has 2 atom stereocenters. The van der Waals surface area contributed by atoms with Crippen molar-refractivity contribution in [3.8, 4) is 0 Å². The molecule has 0 unspecified atom stereocenters. The first kappa shape index (κ1) is 29.9. The van der Waals surface area contributed by atoms with Gasteiger partial charge in [0.2, 0.25) is 23.6 Å². The topological polar surface area (TPSA) is 119 Å². The van der Waals surface area contributed by atoms with Crippen LogP contribution in [0.15, 0.2) is 24.8 Å². The number of amides is 2. The number of aryl methyl sites for hydroxylation is 1. The van der Waals surface area contributed by atoms with Crippen LogP contribution < -0.4 is 10.6 Å². The van der Waals surface area contributed by atoms with Crippen LogP contribution in [0.1, 0.15) is 106 Å². The number of aromatic nitrogens is 6. The highest BCUT2D eigenvalue weighted by Gasteiger charge is 2.40. The highest BCUT2D eigenvalue weighted by molar-refractivity contribution is 5.90. The van der Waals surface area contributed by atoms with Crippen LogP contribution in [0.2, 0.25) is 0 Å². The first-order valence-corrected chi connectivity index (χ1v) is 14.5. The summed E-state index contributed by atoms with van der Waals surface area (Å²) in [5.74, 6) is -6.57.